The maximum absolute atomic E-state index is 12.1. The summed E-state index contributed by atoms with van der Waals surface area (Å²) >= 11 is 0. The van der Waals surface area contributed by atoms with E-state index in [2.05, 4.69) is 10.0 Å². The Labute approximate surface area is 140 Å². The first-order valence-corrected chi connectivity index (χ1v) is 8.84. The molecule has 3 rings (SSSR count). The quantitative estimate of drug-likeness (QED) is 0.867. The molecule has 8 heteroatoms. The Balaban J connectivity index is 1.50. The zero-order valence-corrected chi connectivity index (χ0v) is 13.6. The van der Waals surface area contributed by atoms with Crippen molar-refractivity contribution >= 4 is 27.7 Å². The first-order valence-electron chi connectivity index (χ1n) is 7.40. The van der Waals surface area contributed by atoms with Crippen LogP contribution in [0.4, 0.5) is 16.2 Å². The molecule has 0 bridgehead atoms. The standard InChI is InChI=1S/C16H17N3O4S/c20-16(23-12-13-6-2-1-3-7-13)17-10-11-19-15-9-5-4-8-14(15)18-24(19,21)22/h1-9,18H,10-12H2,(H,17,20). The Morgan fingerprint density at radius 3 is 2.58 bits per heavy atom. The first kappa shape index (κ1) is 16.1. The van der Waals surface area contributed by atoms with E-state index < -0.39 is 16.3 Å². The lowest BCUT2D eigenvalue weighted by molar-refractivity contribution is 0.140. The first-order chi connectivity index (χ1) is 11.6. The highest BCUT2D eigenvalue weighted by Crippen LogP contribution is 2.34. The Bertz CT molecular complexity index is 824. The highest BCUT2D eigenvalue weighted by Gasteiger charge is 2.31. The number of alkyl carbamates (subject to hydrolysis) is 1. The van der Waals surface area contributed by atoms with Gasteiger partial charge >= 0.3 is 16.3 Å². The molecule has 0 saturated carbocycles. The van der Waals surface area contributed by atoms with E-state index in [0.717, 1.165) is 5.56 Å². The third-order valence-electron chi connectivity index (χ3n) is 3.50. The van der Waals surface area contributed by atoms with Crippen LogP contribution in [0.15, 0.2) is 54.6 Å². The van der Waals surface area contributed by atoms with Gasteiger partial charge in [0.15, 0.2) is 0 Å². The van der Waals surface area contributed by atoms with Crippen LogP contribution in [0.5, 0.6) is 0 Å². The number of hydrogen-bond acceptors (Lipinski definition) is 4. The number of para-hydroxylation sites is 2. The normalized spacial score (nSPS) is 14.6. The second kappa shape index (κ2) is 6.79. The molecule has 0 spiro atoms. The topological polar surface area (TPSA) is 87.7 Å². The number of anilines is 2. The summed E-state index contributed by atoms with van der Waals surface area (Å²) in [5.74, 6) is 0. The van der Waals surface area contributed by atoms with Gasteiger partial charge in [0, 0.05) is 6.54 Å². The van der Waals surface area contributed by atoms with Crippen LogP contribution in [-0.2, 0) is 21.6 Å². The smallest absolute Gasteiger partial charge is 0.407 e. The predicted octanol–water partition coefficient (Wildman–Crippen LogP) is 2.09. The van der Waals surface area contributed by atoms with E-state index in [-0.39, 0.29) is 19.7 Å². The van der Waals surface area contributed by atoms with Gasteiger partial charge in [-0.05, 0) is 17.7 Å². The number of rotatable bonds is 5. The number of carbonyl (C=O) groups is 1. The van der Waals surface area contributed by atoms with Gasteiger partial charge in [0.2, 0.25) is 0 Å². The average molecular weight is 347 g/mol. The Kier molecular flexibility index (Phi) is 4.57. The fraction of sp³-hybridized carbons (Fsp3) is 0.188. The molecule has 1 aliphatic rings. The van der Waals surface area contributed by atoms with Crippen molar-refractivity contribution in [1.82, 2.24) is 5.32 Å². The van der Waals surface area contributed by atoms with Gasteiger partial charge in [-0.3, -0.25) is 4.72 Å². The summed E-state index contributed by atoms with van der Waals surface area (Å²) < 4.78 is 32.9. The number of nitrogens with zero attached hydrogens (tertiary/aromatic N) is 1. The second-order valence-corrected chi connectivity index (χ2v) is 6.78. The molecule has 1 heterocycles. The van der Waals surface area contributed by atoms with Crippen molar-refractivity contribution in [2.45, 2.75) is 6.61 Å². The largest absolute Gasteiger partial charge is 0.445 e. The van der Waals surface area contributed by atoms with Crippen LogP contribution >= 0.6 is 0 Å². The third kappa shape index (κ3) is 3.60. The van der Waals surface area contributed by atoms with Crippen molar-refractivity contribution in [2.24, 2.45) is 0 Å². The molecule has 1 aliphatic heterocycles. The lowest BCUT2D eigenvalue weighted by atomic mass is 10.2. The second-order valence-electron chi connectivity index (χ2n) is 5.18. The van der Waals surface area contributed by atoms with Crippen molar-refractivity contribution in [3.05, 3.63) is 60.2 Å². The van der Waals surface area contributed by atoms with E-state index in [1.807, 2.05) is 30.3 Å². The number of ether oxygens (including phenoxy) is 1. The summed E-state index contributed by atoms with van der Waals surface area (Å²) in [5.41, 5.74) is 1.98. The Morgan fingerprint density at radius 1 is 1.08 bits per heavy atom. The van der Waals surface area contributed by atoms with Gasteiger partial charge in [-0.2, -0.15) is 8.42 Å². The minimum absolute atomic E-state index is 0.118. The molecule has 126 valence electrons. The SMILES string of the molecule is O=C(NCCN1c2ccccc2NS1(=O)=O)OCc1ccccc1. The van der Waals surface area contributed by atoms with Crippen LogP contribution in [0.3, 0.4) is 0 Å². The molecular weight excluding hydrogens is 330 g/mol. The summed E-state index contributed by atoms with van der Waals surface area (Å²) in [6, 6.07) is 16.2. The molecule has 0 fully saturated rings. The average Bonchev–Trinajstić information content (AvgIpc) is 2.84. The molecule has 0 aliphatic carbocycles. The molecule has 0 unspecified atom stereocenters. The minimum Gasteiger partial charge on any atom is -0.445 e. The summed E-state index contributed by atoms with van der Waals surface area (Å²) in [6.07, 6.45) is -0.586. The monoisotopic (exact) mass is 347 g/mol. The number of nitrogens with one attached hydrogen (secondary N) is 2. The number of benzene rings is 2. The van der Waals surface area contributed by atoms with E-state index in [4.69, 9.17) is 4.74 Å². The molecule has 0 aromatic heterocycles. The van der Waals surface area contributed by atoms with E-state index in [0.29, 0.717) is 11.4 Å². The summed E-state index contributed by atoms with van der Waals surface area (Å²) in [6.45, 7) is 0.425. The fourth-order valence-corrected chi connectivity index (χ4v) is 3.69. The molecule has 24 heavy (non-hydrogen) atoms. The molecule has 1 amide bonds. The van der Waals surface area contributed by atoms with Gasteiger partial charge in [-0.25, -0.2) is 9.10 Å². The minimum atomic E-state index is -3.61. The lowest BCUT2D eigenvalue weighted by Gasteiger charge is -2.17. The molecule has 7 nitrogen and oxygen atoms in total. The van der Waals surface area contributed by atoms with Gasteiger partial charge in [-0.15, -0.1) is 0 Å². The molecule has 0 radical (unpaired) electrons. The van der Waals surface area contributed by atoms with Crippen molar-refractivity contribution < 1.29 is 17.9 Å². The van der Waals surface area contributed by atoms with Crippen LogP contribution < -0.4 is 14.3 Å². The maximum Gasteiger partial charge on any atom is 0.407 e. The van der Waals surface area contributed by atoms with E-state index >= 15 is 0 Å². The van der Waals surface area contributed by atoms with Gasteiger partial charge in [-0.1, -0.05) is 42.5 Å². The molecule has 2 N–H and O–H groups in total. The predicted molar refractivity (Wildman–Crippen MR) is 91.0 cm³/mol. The van der Waals surface area contributed by atoms with Crippen LogP contribution in [0.25, 0.3) is 0 Å². The van der Waals surface area contributed by atoms with E-state index in [1.54, 1.807) is 24.3 Å². The number of amides is 1. The maximum atomic E-state index is 12.1. The van der Waals surface area contributed by atoms with Crippen molar-refractivity contribution in [1.29, 1.82) is 0 Å². The number of carbonyl (C=O) groups excluding carboxylic acids is 1. The molecule has 2 aromatic carbocycles. The van der Waals surface area contributed by atoms with Crippen LogP contribution in [0.1, 0.15) is 5.56 Å². The van der Waals surface area contributed by atoms with Crippen molar-refractivity contribution in [3.63, 3.8) is 0 Å². The van der Waals surface area contributed by atoms with E-state index in [9.17, 15) is 13.2 Å². The van der Waals surface area contributed by atoms with Gasteiger partial charge in [0.1, 0.15) is 6.61 Å². The van der Waals surface area contributed by atoms with Crippen LogP contribution in [0.2, 0.25) is 0 Å². The number of hydrogen-bond donors (Lipinski definition) is 2. The van der Waals surface area contributed by atoms with E-state index in [1.165, 1.54) is 4.31 Å². The summed E-state index contributed by atoms with van der Waals surface area (Å²) in [4.78, 5) is 11.7. The third-order valence-corrected chi connectivity index (χ3v) is 4.94. The molecule has 0 saturated heterocycles. The highest BCUT2D eigenvalue weighted by molar-refractivity contribution is 7.94. The van der Waals surface area contributed by atoms with Gasteiger partial charge in [0.05, 0.1) is 17.9 Å². The Hall–Kier alpha value is -2.74. The fourth-order valence-electron chi connectivity index (χ4n) is 2.38. The molecule has 2 aromatic rings. The summed E-state index contributed by atoms with van der Waals surface area (Å²) in [7, 11) is -3.61. The van der Waals surface area contributed by atoms with Crippen molar-refractivity contribution in [3.8, 4) is 0 Å². The van der Waals surface area contributed by atoms with Crippen LogP contribution in [-0.4, -0.2) is 27.6 Å². The lowest BCUT2D eigenvalue weighted by Crippen LogP contribution is -2.38. The molecular formula is C16H17N3O4S. The zero-order valence-electron chi connectivity index (χ0n) is 12.8. The van der Waals surface area contributed by atoms with Gasteiger partial charge in [0.25, 0.3) is 0 Å². The summed E-state index contributed by atoms with van der Waals surface area (Å²) in [5, 5.41) is 2.55. The molecule has 0 atom stereocenters. The van der Waals surface area contributed by atoms with Gasteiger partial charge < -0.3 is 10.1 Å². The van der Waals surface area contributed by atoms with Crippen LogP contribution in [0, 0.1) is 0 Å². The van der Waals surface area contributed by atoms with Crippen molar-refractivity contribution in [2.75, 3.05) is 22.1 Å². The Morgan fingerprint density at radius 2 is 1.79 bits per heavy atom. The zero-order chi connectivity index (χ0) is 17.0. The highest BCUT2D eigenvalue weighted by atomic mass is 32.2. The number of fused-ring (bicyclic) bond motifs is 1.